The summed E-state index contributed by atoms with van der Waals surface area (Å²) in [7, 11) is 0. The first kappa shape index (κ1) is 15.6. The molecule has 0 bridgehead atoms. The van der Waals surface area contributed by atoms with Crippen LogP contribution in [0.4, 0.5) is 11.8 Å². The third-order valence-electron chi connectivity index (χ3n) is 5.19. The number of aliphatic hydroxyl groups is 1. The molecule has 1 amide bonds. The van der Waals surface area contributed by atoms with Crippen molar-refractivity contribution in [3.63, 3.8) is 0 Å². The fourth-order valence-corrected chi connectivity index (χ4v) is 3.57. The van der Waals surface area contributed by atoms with Crippen molar-refractivity contribution in [1.29, 1.82) is 0 Å². The maximum absolute atomic E-state index is 11.8. The summed E-state index contributed by atoms with van der Waals surface area (Å²) in [6.45, 7) is 0. The van der Waals surface area contributed by atoms with E-state index in [9.17, 15) is 9.90 Å². The van der Waals surface area contributed by atoms with Gasteiger partial charge in [0.2, 0.25) is 5.95 Å². The Hall–Kier alpha value is -1.89. The van der Waals surface area contributed by atoms with E-state index >= 15 is 0 Å². The van der Waals surface area contributed by atoms with E-state index in [1.165, 1.54) is 0 Å². The lowest BCUT2D eigenvalue weighted by atomic mass is 9.93. The number of nitrogens with zero attached hydrogens (tertiary/aromatic N) is 3. The van der Waals surface area contributed by atoms with E-state index in [-0.39, 0.29) is 12.1 Å². The predicted octanol–water partition coefficient (Wildman–Crippen LogP) is 1.42. The van der Waals surface area contributed by atoms with Crippen LogP contribution in [0.5, 0.6) is 0 Å². The van der Waals surface area contributed by atoms with Gasteiger partial charge in [-0.3, -0.25) is 4.79 Å². The first-order chi connectivity index (χ1) is 11.6. The van der Waals surface area contributed by atoms with Gasteiger partial charge in [-0.15, -0.1) is 0 Å². The van der Waals surface area contributed by atoms with Gasteiger partial charge in [0.1, 0.15) is 11.4 Å². The molecule has 24 heavy (non-hydrogen) atoms. The number of carbonyl (C=O) groups is 1. The fourth-order valence-electron chi connectivity index (χ4n) is 3.57. The number of anilines is 2. The third-order valence-corrected chi connectivity index (χ3v) is 5.19. The van der Waals surface area contributed by atoms with Gasteiger partial charge in [-0.05, 0) is 51.4 Å². The largest absolute Gasteiger partial charge is 0.393 e. The molecular weight excluding hydrogens is 306 g/mol. The van der Waals surface area contributed by atoms with E-state index in [0.29, 0.717) is 29.4 Å². The molecule has 4 rings (SSSR count). The van der Waals surface area contributed by atoms with Gasteiger partial charge in [-0.1, -0.05) is 0 Å². The number of amides is 1. The van der Waals surface area contributed by atoms with E-state index in [4.69, 9.17) is 5.73 Å². The number of hydrogen-bond acceptors (Lipinski definition) is 6. The highest BCUT2D eigenvalue weighted by molar-refractivity contribution is 5.97. The van der Waals surface area contributed by atoms with Gasteiger partial charge in [0, 0.05) is 24.3 Å². The fraction of sp³-hybridized carbons (Fsp3) is 0.706. The van der Waals surface area contributed by atoms with Crippen LogP contribution in [-0.2, 0) is 0 Å². The van der Waals surface area contributed by atoms with Crippen molar-refractivity contribution in [2.45, 2.75) is 75.6 Å². The van der Waals surface area contributed by atoms with E-state index in [1.807, 2.05) is 0 Å². The number of carbonyl (C=O) groups excluding carboxylic acids is 1. The Morgan fingerprint density at radius 2 is 1.75 bits per heavy atom. The Morgan fingerprint density at radius 1 is 1.12 bits per heavy atom. The van der Waals surface area contributed by atoms with Gasteiger partial charge >= 0.3 is 0 Å². The Bertz CT molecular complexity index is 609. The highest BCUT2D eigenvalue weighted by Crippen LogP contribution is 2.41. The lowest BCUT2D eigenvalue weighted by Gasteiger charge is -2.28. The SMILES string of the molecule is NC(=O)c1cnc(NC2CCC(O)CC2)nc1N(C1CC1)C1CC1. The standard InChI is InChI=1S/C17H25N5O2/c18-15(24)14-9-19-17(20-10-1-7-13(23)8-2-10)21-16(14)22(11-3-4-11)12-5-6-12/h9-13,23H,1-8H2,(H2,18,24)(H,19,20,21). The van der Waals surface area contributed by atoms with Crippen molar-refractivity contribution < 1.29 is 9.90 Å². The number of aliphatic hydroxyl groups excluding tert-OH is 1. The van der Waals surface area contributed by atoms with Crippen LogP contribution in [-0.4, -0.2) is 45.2 Å². The van der Waals surface area contributed by atoms with E-state index in [0.717, 1.165) is 51.4 Å². The maximum atomic E-state index is 11.8. The van der Waals surface area contributed by atoms with Crippen LogP contribution in [0.1, 0.15) is 61.7 Å². The summed E-state index contributed by atoms with van der Waals surface area (Å²) in [6.07, 6.45) is 9.42. The van der Waals surface area contributed by atoms with Crippen LogP contribution in [0.2, 0.25) is 0 Å². The Balaban J connectivity index is 1.57. The summed E-state index contributed by atoms with van der Waals surface area (Å²) in [6, 6.07) is 1.25. The molecule has 0 spiro atoms. The number of hydrogen-bond donors (Lipinski definition) is 3. The van der Waals surface area contributed by atoms with Crippen molar-refractivity contribution in [2.24, 2.45) is 5.73 Å². The van der Waals surface area contributed by atoms with Gasteiger partial charge in [-0.2, -0.15) is 4.98 Å². The Kier molecular flexibility index (Phi) is 4.04. The van der Waals surface area contributed by atoms with Crippen molar-refractivity contribution in [3.8, 4) is 0 Å². The number of rotatable bonds is 6. The van der Waals surface area contributed by atoms with Crippen LogP contribution >= 0.6 is 0 Å². The molecule has 3 saturated carbocycles. The molecule has 3 fully saturated rings. The molecule has 130 valence electrons. The van der Waals surface area contributed by atoms with Gasteiger partial charge in [0.25, 0.3) is 5.91 Å². The van der Waals surface area contributed by atoms with Gasteiger partial charge in [0.05, 0.1) is 6.10 Å². The van der Waals surface area contributed by atoms with E-state index in [2.05, 4.69) is 20.2 Å². The number of nitrogens with one attached hydrogen (secondary N) is 1. The average Bonchev–Trinajstić information content (AvgIpc) is 3.44. The molecule has 0 saturated heterocycles. The zero-order chi connectivity index (χ0) is 16.7. The molecule has 0 atom stereocenters. The summed E-state index contributed by atoms with van der Waals surface area (Å²) < 4.78 is 0. The molecule has 7 nitrogen and oxygen atoms in total. The summed E-state index contributed by atoms with van der Waals surface area (Å²) in [5.41, 5.74) is 5.96. The van der Waals surface area contributed by atoms with Crippen LogP contribution in [0.25, 0.3) is 0 Å². The lowest BCUT2D eigenvalue weighted by Crippen LogP contribution is -2.33. The van der Waals surface area contributed by atoms with Gasteiger partial charge < -0.3 is 21.1 Å². The van der Waals surface area contributed by atoms with E-state index in [1.54, 1.807) is 6.20 Å². The van der Waals surface area contributed by atoms with Crippen molar-refractivity contribution in [3.05, 3.63) is 11.8 Å². The van der Waals surface area contributed by atoms with E-state index < -0.39 is 5.91 Å². The molecular formula is C17H25N5O2. The molecule has 0 aromatic carbocycles. The lowest BCUT2D eigenvalue weighted by molar-refractivity contribution is 0.1000. The van der Waals surface area contributed by atoms with Crippen molar-refractivity contribution in [1.82, 2.24) is 9.97 Å². The highest BCUT2D eigenvalue weighted by atomic mass is 16.3. The second-order valence-corrected chi connectivity index (χ2v) is 7.31. The number of aromatic nitrogens is 2. The van der Waals surface area contributed by atoms with Crippen LogP contribution < -0.4 is 16.0 Å². The smallest absolute Gasteiger partial charge is 0.254 e. The Labute approximate surface area is 141 Å². The third kappa shape index (κ3) is 3.31. The highest BCUT2D eigenvalue weighted by Gasteiger charge is 2.41. The molecule has 0 unspecified atom stereocenters. The first-order valence-electron chi connectivity index (χ1n) is 9.01. The van der Waals surface area contributed by atoms with Crippen molar-refractivity contribution >= 4 is 17.7 Å². The number of nitrogens with two attached hydrogens (primary N) is 1. The normalized spacial score (nSPS) is 26.9. The molecule has 1 heterocycles. The topological polar surface area (TPSA) is 104 Å². The van der Waals surface area contributed by atoms with Crippen LogP contribution in [0.15, 0.2) is 6.20 Å². The second kappa shape index (κ2) is 6.20. The zero-order valence-corrected chi connectivity index (χ0v) is 13.8. The van der Waals surface area contributed by atoms with Gasteiger partial charge in [-0.25, -0.2) is 4.98 Å². The minimum Gasteiger partial charge on any atom is -0.393 e. The summed E-state index contributed by atoms with van der Waals surface area (Å²) in [5, 5.41) is 13.0. The maximum Gasteiger partial charge on any atom is 0.254 e. The van der Waals surface area contributed by atoms with Crippen LogP contribution in [0, 0.1) is 0 Å². The number of primary amides is 1. The molecule has 1 aromatic rings. The monoisotopic (exact) mass is 331 g/mol. The first-order valence-corrected chi connectivity index (χ1v) is 9.01. The second-order valence-electron chi connectivity index (χ2n) is 7.31. The molecule has 3 aliphatic rings. The molecule has 3 aliphatic carbocycles. The minimum absolute atomic E-state index is 0.183. The minimum atomic E-state index is -0.469. The molecule has 0 radical (unpaired) electrons. The summed E-state index contributed by atoms with van der Waals surface area (Å²) in [4.78, 5) is 23.1. The predicted molar refractivity (Wildman–Crippen MR) is 91.0 cm³/mol. The summed E-state index contributed by atoms with van der Waals surface area (Å²) in [5.74, 6) is 0.784. The van der Waals surface area contributed by atoms with Gasteiger partial charge in [0.15, 0.2) is 0 Å². The molecule has 1 aromatic heterocycles. The summed E-state index contributed by atoms with van der Waals surface area (Å²) >= 11 is 0. The zero-order valence-electron chi connectivity index (χ0n) is 13.8. The Morgan fingerprint density at radius 3 is 2.29 bits per heavy atom. The van der Waals surface area contributed by atoms with Crippen molar-refractivity contribution in [2.75, 3.05) is 10.2 Å². The average molecular weight is 331 g/mol. The van der Waals surface area contributed by atoms with Crippen LogP contribution in [0.3, 0.4) is 0 Å². The molecule has 7 heteroatoms. The quantitative estimate of drug-likeness (QED) is 0.728. The molecule has 0 aliphatic heterocycles. The molecule has 4 N–H and O–H groups in total.